The number of hydrogen-bond donors (Lipinski definition) is 2. The van der Waals surface area contributed by atoms with E-state index in [0.717, 1.165) is 12.1 Å². The average molecular weight is 262 g/mol. The van der Waals surface area contributed by atoms with Crippen molar-refractivity contribution in [3.63, 3.8) is 0 Å². The first-order valence-electron chi connectivity index (χ1n) is 5.67. The lowest BCUT2D eigenvalue weighted by Gasteiger charge is -2.05. The molecule has 1 aromatic carbocycles. The number of aromatic nitrogens is 1. The van der Waals surface area contributed by atoms with Gasteiger partial charge in [-0.1, -0.05) is 19.1 Å². The molecule has 18 heavy (non-hydrogen) atoms. The lowest BCUT2D eigenvalue weighted by molar-refractivity contribution is 0.0697. The molecule has 0 spiro atoms. The topological polar surface area (TPSA) is 62.2 Å². The number of anilines is 2. The Bertz CT molecular complexity index is 561. The van der Waals surface area contributed by atoms with Crippen molar-refractivity contribution in [1.82, 2.24) is 4.37 Å². The minimum atomic E-state index is -0.950. The van der Waals surface area contributed by atoms with Crippen LogP contribution in [0.1, 0.15) is 28.5 Å². The fourth-order valence-electron chi connectivity index (χ4n) is 1.66. The van der Waals surface area contributed by atoms with Gasteiger partial charge in [-0.15, -0.1) is 0 Å². The standard InChI is InChI=1S/C13H14N2O2S/c1-3-9-4-6-10(7-5-9)14-12-11(13(16)17)8(2)15-18-12/h4-7,14H,3H2,1-2H3,(H,16,17). The second-order valence-electron chi connectivity index (χ2n) is 3.95. The van der Waals surface area contributed by atoms with Crippen LogP contribution in [0, 0.1) is 6.92 Å². The largest absolute Gasteiger partial charge is 0.478 e. The summed E-state index contributed by atoms with van der Waals surface area (Å²) in [6.07, 6.45) is 0.986. The van der Waals surface area contributed by atoms with Crippen LogP contribution in [0.3, 0.4) is 0 Å². The molecule has 0 aliphatic carbocycles. The first-order chi connectivity index (χ1) is 8.61. The summed E-state index contributed by atoms with van der Waals surface area (Å²) in [5.41, 5.74) is 2.91. The number of nitrogens with one attached hydrogen (secondary N) is 1. The number of benzene rings is 1. The van der Waals surface area contributed by atoms with Gasteiger partial charge in [0.05, 0.1) is 5.69 Å². The van der Waals surface area contributed by atoms with Crippen LogP contribution < -0.4 is 5.32 Å². The minimum Gasteiger partial charge on any atom is -0.478 e. The maximum Gasteiger partial charge on any atom is 0.340 e. The van der Waals surface area contributed by atoms with Crippen molar-refractivity contribution >= 4 is 28.2 Å². The first-order valence-corrected chi connectivity index (χ1v) is 6.44. The van der Waals surface area contributed by atoms with E-state index < -0.39 is 5.97 Å². The van der Waals surface area contributed by atoms with Crippen LogP contribution in [0.25, 0.3) is 0 Å². The second-order valence-corrected chi connectivity index (χ2v) is 4.73. The van der Waals surface area contributed by atoms with Crippen LogP contribution in [0.4, 0.5) is 10.7 Å². The van der Waals surface area contributed by atoms with Gasteiger partial charge in [-0.3, -0.25) is 0 Å². The Labute approximate surface area is 109 Å². The van der Waals surface area contributed by atoms with Crippen molar-refractivity contribution in [2.24, 2.45) is 0 Å². The predicted molar refractivity (Wildman–Crippen MR) is 72.9 cm³/mol. The van der Waals surface area contributed by atoms with Gasteiger partial charge in [-0.2, -0.15) is 4.37 Å². The van der Waals surface area contributed by atoms with Crippen molar-refractivity contribution in [1.29, 1.82) is 0 Å². The van der Waals surface area contributed by atoms with Gasteiger partial charge in [-0.05, 0) is 42.6 Å². The van der Waals surface area contributed by atoms with Crippen LogP contribution in [0.15, 0.2) is 24.3 Å². The third-order valence-corrected chi connectivity index (χ3v) is 3.55. The molecule has 2 aromatic rings. The zero-order chi connectivity index (χ0) is 13.1. The number of nitrogens with zero attached hydrogens (tertiary/aromatic N) is 1. The van der Waals surface area contributed by atoms with E-state index >= 15 is 0 Å². The van der Waals surface area contributed by atoms with Crippen molar-refractivity contribution < 1.29 is 9.90 Å². The molecule has 1 heterocycles. The van der Waals surface area contributed by atoms with Gasteiger partial charge in [0.25, 0.3) is 0 Å². The van der Waals surface area contributed by atoms with Crippen LogP contribution in [0.5, 0.6) is 0 Å². The summed E-state index contributed by atoms with van der Waals surface area (Å²) in [4.78, 5) is 11.1. The Morgan fingerprint density at radius 1 is 1.39 bits per heavy atom. The predicted octanol–water partition coefficient (Wildman–Crippen LogP) is 3.46. The normalized spacial score (nSPS) is 10.3. The van der Waals surface area contributed by atoms with Gasteiger partial charge >= 0.3 is 5.97 Å². The summed E-state index contributed by atoms with van der Waals surface area (Å²) in [6, 6.07) is 7.94. The average Bonchev–Trinajstić information content (AvgIpc) is 2.71. The Morgan fingerprint density at radius 2 is 2.06 bits per heavy atom. The van der Waals surface area contributed by atoms with E-state index in [2.05, 4.69) is 16.6 Å². The highest BCUT2D eigenvalue weighted by molar-refractivity contribution is 7.10. The van der Waals surface area contributed by atoms with E-state index in [9.17, 15) is 4.79 Å². The molecule has 2 N–H and O–H groups in total. The molecule has 0 saturated heterocycles. The molecule has 0 bridgehead atoms. The number of carbonyl (C=O) groups is 1. The van der Waals surface area contributed by atoms with Gasteiger partial charge in [0.2, 0.25) is 0 Å². The van der Waals surface area contributed by atoms with E-state index in [1.807, 2.05) is 24.3 Å². The number of hydrogen-bond acceptors (Lipinski definition) is 4. The Balaban J connectivity index is 2.25. The van der Waals surface area contributed by atoms with Crippen LogP contribution in [0.2, 0.25) is 0 Å². The molecule has 0 amide bonds. The highest BCUT2D eigenvalue weighted by atomic mass is 32.1. The van der Waals surface area contributed by atoms with E-state index in [1.54, 1.807) is 6.92 Å². The lowest BCUT2D eigenvalue weighted by Crippen LogP contribution is -2.01. The number of carboxylic acids is 1. The summed E-state index contributed by atoms with van der Waals surface area (Å²) >= 11 is 1.17. The third-order valence-electron chi connectivity index (χ3n) is 2.70. The van der Waals surface area contributed by atoms with Crippen LogP contribution >= 0.6 is 11.5 Å². The second kappa shape index (κ2) is 5.18. The summed E-state index contributed by atoms with van der Waals surface area (Å²) in [5, 5.41) is 12.8. The maximum absolute atomic E-state index is 11.1. The molecule has 0 fully saturated rings. The minimum absolute atomic E-state index is 0.250. The molecule has 4 nitrogen and oxygen atoms in total. The molecular weight excluding hydrogens is 248 g/mol. The monoisotopic (exact) mass is 262 g/mol. The third kappa shape index (κ3) is 2.51. The van der Waals surface area contributed by atoms with Gasteiger partial charge in [0.15, 0.2) is 0 Å². The van der Waals surface area contributed by atoms with E-state index in [4.69, 9.17) is 5.11 Å². The zero-order valence-corrected chi connectivity index (χ0v) is 11.0. The number of aryl methyl sites for hydroxylation is 2. The summed E-state index contributed by atoms with van der Waals surface area (Å²) in [5.74, 6) is -0.950. The molecule has 0 unspecified atom stereocenters. The number of rotatable bonds is 4. The maximum atomic E-state index is 11.1. The summed E-state index contributed by atoms with van der Waals surface area (Å²) < 4.78 is 4.07. The number of aromatic carboxylic acids is 1. The highest BCUT2D eigenvalue weighted by Gasteiger charge is 2.17. The molecular formula is C13H14N2O2S. The van der Waals surface area contributed by atoms with Crippen molar-refractivity contribution in [2.45, 2.75) is 20.3 Å². The molecule has 5 heteroatoms. The SMILES string of the molecule is CCc1ccc(Nc2snc(C)c2C(=O)O)cc1. The molecule has 0 atom stereocenters. The molecule has 0 aliphatic heterocycles. The van der Waals surface area contributed by atoms with E-state index in [0.29, 0.717) is 10.7 Å². The van der Waals surface area contributed by atoms with Crippen molar-refractivity contribution in [2.75, 3.05) is 5.32 Å². The van der Waals surface area contributed by atoms with Gasteiger partial charge in [-0.25, -0.2) is 4.79 Å². The molecule has 0 saturated carbocycles. The van der Waals surface area contributed by atoms with Gasteiger partial charge in [0.1, 0.15) is 10.6 Å². The molecule has 94 valence electrons. The van der Waals surface area contributed by atoms with Gasteiger partial charge in [0, 0.05) is 5.69 Å². The van der Waals surface area contributed by atoms with Crippen molar-refractivity contribution in [3.05, 3.63) is 41.1 Å². The van der Waals surface area contributed by atoms with E-state index in [-0.39, 0.29) is 5.56 Å². The molecule has 0 aliphatic rings. The smallest absolute Gasteiger partial charge is 0.340 e. The quantitative estimate of drug-likeness (QED) is 0.885. The first kappa shape index (κ1) is 12.6. The van der Waals surface area contributed by atoms with Crippen LogP contribution in [-0.2, 0) is 6.42 Å². The number of carboxylic acid groups (broad SMARTS) is 1. The van der Waals surface area contributed by atoms with Crippen LogP contribution in [-0.4, -0.2) is 15.4 Å². The molecule has 2 rings (SSSR count). The fourth-order valence-corrected chi connectivity index (χ4v) is 2.47. The highest BCUT2D eigenvalue weighted by Crippen LogP contribution is 2.28. The Hall–Kier alpha value is -1.88. The Morgan fingerprint density at radius 3 is 2.61 bits per heavy atom. The Kier molecular flexibility index (Phi) is 3.62. The molecule has 0 radical (unpaired) electrons. The summed E-state index contributed by atoms with van der Waals surface area (Å²) in [7, 11) is 0. The van der Waals surface area contributed by atoms with Gasteiger partial charge < -0.3 is 10.4 Å². The fraction of sp³-hybridized carbons (Fsp3) is 0.231. The molecule has 1 aromatic heterocycles. The zero-order valence-electron chi connectivity index (χ0n) is 10.2. The van der Waals surface area contributed by atoms with E-state index in [1.165, 1.54) is 17.1 Å². The van der Waals surface area contributed by atoms with Crippen molar-refractivity contribution in [3.8, 4) is 0 Å². The summed E-state index contributed by atoms with van der Waals surface area (Å²) in [6.45, 7) is 3.79. The lowest BCUT2D eigenvalue weighted by atomic mass is 10.1.